The van der Waals surface area contributed by atoms with Crippen molar-refractivity contribution in [3.63, 3.8) is 0 Å². The van der Waals surface area contributed by atoms with E-state index in [0.29, 0.717) is 6.42 Å². The van der Waals surface area contributed by atoms with E-state index >= 15 is 0 Å². The maximum Gasteiger partial charge on any atom is 0.167 e. The normalized spacial score (nSPS) is 28.8. The summed E-state index contributed by atoms with van der Waals surface area (Å²) in [6.07, 6.45) is 1.34. The lowest BCUT2D eigenvalue weighted by Crippen LogP contribution is -2.51. The Bertz CT molecular complexity index is 205. The summed E-state index contributed by atoms with van der Waals surface area (Å²) in [5, 5.41) is 11.6. The van der Waals surface area contributed by atoms with E-state index in [4.69, 9.17) is 21.5 Å². The van der Waals surface area contributed by atoms with Crippen LogP contribution in [-0.4, -0.2) is 24.5 Å². The van der Waals surface area contributed by atoms with Gasteiger partial charge in [0.15, 0.2) is 5.85 Å². The van der Waals surface area contributed by atoms with Crippen molar-refractivity contribution in [3.05, 3.63) is 0 Å². The van der Waals surface area contributed by atoms with Crippen molar-refractivity contribution in [1.29, 1.82) is 5.26 Å². The van der Waals surface area contributed by atoms with Gasteiger partial charge in [-0.15, -0.1) is 0 Å². The van der Waals surface area contributed by atoms with Crippen molar-refractivity contribution in [2.24, 2.45) is 11.5 Å². The molecule has 0 spiro atoms. The molecule has 0 amide bonds. The fourth-order valence-corrected chi connectivity index (χ4v) is 1.50. The highest BCUT2D eigenvalue weighted by molar-refractivity contribution is 4.89. The first-order valence-electron chi connectivity index (χ1n) is 4.37. The number of ether oxygens (including phenoxy) is 1. The number of rotatable bonds is 3. The Balaban J connectivity index is 2.30. The van der Waals surface area contributed by atoms with E-state index in [2.05, 4.69) is 11.4 Å². The summed E-state index contributed by atoms with van der Waals surface area (Å²) in [6.45, 7) is 2.33. The number of hydrogen-bond donors (Lipinski definition) is 3. The van der Waals surface area contributed by atoms with Crippen molar-refractivity contribution >= 4 is 0 Å². The number of nitrogens with one attached hydrogen (secondary N) is 1. The molecule has 1 saturated heterocycles. The van der Waals surface area contributed by atoms with Crippen molar-refractivity contribution in [2.75, 3.05) is 6.54 Å². The Labute approximate surface area is 78.0 Å². The van der Waals surface area contributed by atoms with Crippen LogP contribution < -0.4 is 16.8 Å². The summed E-state index contributed by atoms with van der Waals surface area (Å²) in [6, 6.07) is 2.33. The van der Waals surface area contributed by atoms with Gasteiger partial charge < -0.3 is 10.1 Å². The molecule has 74 valence electrons. The molecule has 0 bridgehead atoms. The lowest BCUT2D eigenvalue weighted by molar-refractivity contribution is -0.0673. The van der Waals surface area contributed by atoms with Crippen molar-refractivity contribution in [1.82, 2.24) is 5.32 Å². The smallest absolute Gasteiger partial charge is 0.167 e. The lowest BCUT2D eigenvalue weighted by Gasteiger charge is -2.23. The van der Waals surface area contributed by atoms with Crippen LogP contribution in [0, 0.1) is 11.3 Å². The minimum absolute atomic E-state index is 0.0262. The Hall–Kier alpha value is -0.670. The molecule has 1 heterocycles. The standard InChI is InChI=1S/C8H16N4O/c1-8(10,11)13-7-4-6(2-3-9)12-5-7/h6-7,12H,2,4-5,10-11H2,1H3. The summed E-state index contributed by atoms with van der Waals surface area (Å²) in [7, 11) is 0. The molecule has 13 heavy (non-hydrogen) atoms. The molecule has 1 aliphatic heterocycles. The zero-order valence-electron chi connectivity index (χ0n) is 7.79. The molecule has 1 aliphatic rings. The largest absolute Gasteiger partial charge is 0.343 e. The first-order chi connectivity index (χ1) is 6.01. The third-order valence-electron chi connectivity index (χ3n) is 1.94. The van der Waals surface area contributed by atoms with E-state index in [1.54, 1.807) is 6.92 Å². The average Bonchev–Trinajstić information content (AvgIpc) is 2.33. The zero-order valence-corrected chi connectivity index (χ0v) is 7.79. The highest BCUT2D eigenvalue weighted by Gasteiger charge is 2.28. The molecule has 0 aliphatic carbocycles. The van der Waals surface area contributed by atoms with Gasteiger partial charge in [-0.3, -0.25) is 11.5 Å². The molecule has 0 aromatic rings. The second kappa shape index (κ2) is 4.03. The van der Waals surface area contributed by atoms with E-state index in [1.807, 2.05) is 0 Å². The van der Waals surface area contributed by atoms with Crippen LogP contribution in [0.1, 0.15) is 19.8 Å². The number of hydrogen-bond acceptors (Lipinski definition) is 5. The molecule has 1 rings (SSSR count). The summed E-state index contributed by atoms with van der Waals surface area (Å²) < 4.78 is 5.36. The summed E-state index contributed by atoms with van der Waals surface area (Å²) in [5.41, 5.74) is 11.0. The topological polar surface area (TPSA) is 97.1 Å². The summed E-state index contributed by atoms with van der Waals surface area (Å²) in [4.78, 5) is 0. The highest BCUT2D eigenvalue weighted by atomic mass is 16.5. The highest BCUT2D eigenvalue weighted by Crippen LogP contribution is 2.14. The first-order valence-corrected chi connectivity index (χ1v) is 4.37. The fourth-order valence-electron chi connectivity index (χ4n) is 1.50. The van der Waals surface area contributed by atoms with Gasteiger partial charge in [0.1, 0.15) is 0 Å². The van der Waals surface area contributed by atoms with Crippen LogP contribution in [0.4, 0.5) is 0 Å². The predicted octanol–water partition coefficient (Wildman–Crippen LogP) is -0.762. The first kappa shape index (κ1) is 10.4. The Morgan fingerprint density at radius 1 is 1.69 bits per heavy atom. The van der Waals surface area contributed by atoms with Gasteiger partial charge in [0.05, 0.1) is 18.6 Å². The second-order valence-electron chi connectivity index (χ2n) is 3.63. The molecule has 1 fully saturated rings. The zero-order chi connectivity index (χ0) is 9.90. The van der Waals surface area contributed by atoms with E-state index < -0.39 is 5.85 Å². The molecule has 0 aromatic carbocycles. The van der Waals surface area contributed by atoms with Gasteiger partial charge in [0.25, 0.3) is 0 Å². The van der Waals surface area contributed by atoms with Crippen LogP contribution in [0.5, 0.6) is 0 Å². The van der Waals surface area contributed by atoms with Gasteiger partial charge in [0, 0.05) is 12.6 Å². The van der Waals surface area contributed by atoms with Crippen LogP contribution in [0.2, 0.25) is 0 Å². The molecule has 5 N–H and O–H groups in total. The molecular formula is C8H16N4O. The Morgan fingerprint density at radius 2 is 2.38 bits per heavy atom. The number of nitriles is 1. The maximum atomic E-state index is 8.47. The molecule has 0 radical (unpaired) electrons. The van der Waals surface area contributed by atoms with E-state index in [0.717, 1.165) is 13.0 Å². The monoisotopic (exact) mass is 184 g/mol. The molecule has 0 saturated carbocycles. The number of nitrogens with zero attached hydrogens (tertiary/aromatic N) is 1. The average molecular weight is 184 g/mol. The van der Waals surface area contributed by atoms with E-state index in [9.17, 15) is 0 Å². The van der Waals surface area contributed by atoms with Gasteiger partial charge in [0.2, 0.25) is 0 Å². The number of nitrogens with two attached hydrogens (primary N) is 2. The third-order valence-corrected chi connectivity index (χ3v) is 1.94. The minimum atomic E-state index is -1.08. The van der Waals surface area contributed by atoms with Gasteiger partial charge in [-0.2, -0.15) is 5.26 Å². The lowest BCUT2D eigenvalue weighted by atomic mass is 10.1. The molecule has 5 heteroatoms. The SMILES string of the molecule is CC(N)(N)OC1CNC(CC#N)C1. The summed E-state index contributed by atoms with van der Waals surface area (Å²) >= 11 is 0. The minimum Gasteiger partial charge on any atom is -0.343 e. The van der Waals surface area contributed by atoms with Crippen molar-refractivity contribution in [3.8, 4) is 6.07 Å². The maximum absolute atomic E-state index is 8.47. The fraction of sp³-hybridized carbons (Fsp3) is 0.875. The molecule has 2 atom stereocenters. The van der Waals surface area contributed by atoms with Gasteiger partial charge in [-0.25, -0.2) is 0 Å². The van der Waals surface area contributed by atoms with Gasteiger partial charge >= 0.3 is 0 Å². The Morgan fingerprint density at radius 3 is 2.92 bits per heavy atom. The van der Waals surface area contributed by atoms with Crippen molar-refractivity contribution < 1.29 is 4.74 Å². The quantitative estimate of drug-likeness (QED) is 0.501. The third kappa shape index (κ3) is 3.70. The van der Waals surface area contributed by atoms with Gasteiger partial charge in [-0.1, -0.05) is 0 Å². The van der Waals surface area contributed by atoms with E-state index in [-0.39, 0.29) is 12.1 Å². The van der Waals surface area contributed by atoms with Crippen LogP contribution in [0.3, 0.4) is 0 Å². The molecular weight excluding hydrogens is 168 g/mol. The van der Waals surface area contributed by atoms with Crippen LogP contribution in [0.25, 0.3) is 0 Å². The van der Waals surface area contributed by atoms with E-state index in [1.165, 1.54) is 0 Å². The van der Waals surface area contributed by atoms with Gasteiger partial charge in [-0.05, 0) is 13.3 Å². The molecule has 2 unspecified atom stereocenters. The Kier molecular flexibility index (Phi) is 3.22. The predicted molar refractivity (Wildman–Crippen MR) is 48.3 cm³/mol. The van der Waals surface area contributed by atoms with Crippen molar-refractivity contribution in [2.45, 2.75) is 37.8 Å². The van der Waals surface area contributed by atoms with Crippen LogP contribution in [-0.2, 0) is 4.74 Å². The molecule has 0 aromatic heterocycles. The molecule has 5 nitrogen and oxygen atoms in total. The van der Waals surface area contributed by atoms with Crippen LogP contribution >= 0.6 is 0 Å². The van der Waals surface area contributed by atoms with Crippen LogP contribution in [0.15, 0.2) is 0 Å². The second-order valence-corrected chi connectivity index (χ2v) is 3.63. The summed E-state index contributed by atoms with van der Waals surface area (Å²) in [5.74, 6) is -1.08.